The molecule has 102 valence electrons. The van der Waals surface area contributed by atoms with E-state index in [-0.39, 0.29) is 29.1 Å². The van der Waals surface area contributed by atoms with E-state index in [1.54, 1.807) is 0 Å². The number of carbonyl (C=O) groups is 2. The molecule has 0 aromatic heterocycles. The van der Waals surface area contributed by atoms with Gasteiger partial charge in [0.15, 0.2) is 0 Å². The molecule has 5 nitrogen and oxygen atoms in total. The zero-order valence-electron chi connectivity index (χ0n) is 11.7. The molecule has 2 heterocycles. The second kappa shape index (κ2) is 4.23. The number of carbonyl (C=O) groups excluding carboxylic acids is 2. The number of nitrogens with zero attached hydrogens (tertiary/aromatic N) is 1. The lowest BCUT2D eigenvalue weighted by atomic mass is 9.79. The van der Waals surface area contributed by atoms with Crippen LogP contribution in [0, 0.1) is 0 Å². The van der Waals surface area contributed by atoms with E-state index in [9.17, 15) is 9.59 Å². The minimum absolute atomic E-state index is 0.00809. The van der Waals surface area contributed by atoms with Crippen molar-refractivity contribution in [3.05, 3.63) is 0 Å². The van der Waals surface area contributed by atoms with Crippen LogP contribution in [0.1, 0.15) is 47.0 Å². The highest BCUT2D eigenvalue weighted by atomic mass is 16.2. The lowest BCUT2D eigenvalue weighted by Gasteiger charge is -2.50. The van der Waals surface area contributed by atoms with E-state index in [0.29, 0.717) is 13.0 Å². The standard InChI is InChI=1S/C13H23N3O2/c1-12(2)7-9(8-13(3,4)15-12)16-6-5-10(17)14-11(16)18/h9,15H,5-8H2,1-4H3,(H,14,17,18). The molecular weight excluding hydrogens is 230 g/mol. The molecule has 0 saturated carbocycles. The number of nitrogens with one attached hydrogen (secondary N) is 2. The van der Waals surface area contributed by atoms with Gasteiger partial charge < -0.3 is 10.2 Å². The van der Waals surface area contributed by atoms with Crippen molar-refractivity contribution in [2.45, 2.75) is 64.1 Å². The van der Waals surface area contributed by atoms with Gasteiger partial charge in [-0.15, -0.1) is 0 Å². The number of amides is 3. The van der Waals surface area contributed by atoms with Crippen LogP contribution in [0.15, 0.2) is 0 Å². The Morgan fingerprint density at radius 2 is 1.67 bits per heavy atom. The minimum atomic E-state index is -0.232. The third kappa shape index (κ3) is 2.83. The molecule has 0 aliphatic carbocycles. The molecule has 2 N–H and O–H groups in total. The number of hydrogen-bond donors (Lipinski definition) is 2. The lowest BCUT2D eigenvalue weighted by Crippen LogP contribution is -2.64. The summed E-state index contributed by atoms with van der Waals surface area (Å²) in [5.74, 6) is -0.163. The van der Waals surface area contributed by atoms with Gasteiger partial charge in [0, 0.05) is 30.1 Å². The van der Waals surface area contributed by atoms with Gasteiger partial charge in [-0.3, -0.25) is 10.1 Å². The number of hydrogen-bond acceptors (Lipinski definition) is 3. The highest BCUT2D eigenvalue weighted by molar-refractivity contribution is 5.96. The fourth-order valence-electron chi connectivity index (χ4n) is 3.41. The molecule has 0 atom stereocenters. The van der Waals surface area contributed by atoms with Crippen LogP contribution < -0.4 is 10.6 Å². The van der Waals surface area contributed by atoms with Crippen LogP contribution >= 0.6 is 0 Å². The zero-order valence-corrected chi connectivity index (χ0v) is 11.7. The van der Waals surface area contributed by atoms with Crippen LogP contribution in [0.4, 0.5) is 4.79 Å². The normalized spacial score (nSPS) is 28.1. The fraction of sp³-hybridized carbons (Fsp3) is 0.846. The second-order valence-electron chi connectivity index (χ2n) is 6.75. The first-order chi connectivity index (χ1) is 8.19. The molecule has 0 radical (unpaired) electrons. The summed E-state index contributed by atoms with van der Waals surface area (Å²) in [6, 6.07) is -0.0332. The number of imide groups is 1. The van der Waals surface area contributed by atoms with Gasteiger partial charge in [0.25, 0.3) is 0 Å². The van der Waals surface area contributed by atoms with Gasteiger partial charge in [-0.25, -0.2) is 4.79 Å². The van der Waals surface area contributed by atoms with Crippen molar-refractivity contribution >= 4 is 11.9 Å². The summed E-state index contributed by atoms with van der Waals surface area (Å²) in [6.07, 6.45) is 2.24. The Kier molecular flexibility index (Phi) is 3.13. The van der Waals surface area contributed by atoms with Gasteiger partial charge in [0.1, 0.15) is 0 Å². The average Bonchev–Trinajstić information content (AvgIpc) is 2.11. The maximum Gasteiger partial charge on any atom is 0.324 e. The van der Waals surface area contributed by atoms with Crippen LogP contribution in [0.25, 0.3) is 0 Å². The van der Waals surface area contributed by atoms with Crippen LogP contribution in [0.5, 0.6) is 0 Å². The van der Waals surface area contributed by atoms with Gasteiger partial charge in [-0.05, 0) is 40.5 Å². The van der Waals surface area contributed by atoms with Crippen molar-refractivity contribution in [3.63, 3.8) is 0 Å². The third-order valence-electron chi connectivity index (χ3n) is 3.70. The van der Waals surface area contributed by atoms with Gasteiger partial charge in [-0.2, -0.15) is 0 Å². The summed E-state index contributed by atoms with van der Waals surface area (Å²) >= 11 is 0. The first-order valence-corrected chi connectivity index (χ1v) is 6.58. The fourth-order valence-corrected chi connectivity index (χ4v) is 3.41. The molecule has 5 heteroatoms. The van der Waals surface area contributed by atoms with Gasteiger partial charge in [0.2, 0.25) is 5.91 Å². The van der Waals surface area contributed by atoms with E-state index >= 15 is 0 Å². The van der Waals surface area contributed by atoms with E-state index in [4.69, 9.17) is 0 Å². The highest BCUT2D eigenvalue weighted by Crippen LogP contribution is 2.32. The van der Waals surface area contributed by atoms with E-state index in [1.807, 2.05) is 4.90 Å². The molecule has 2 saturated heterocycles. The predicted octanol–water partition coefficient (Wildman–Crippen LogP) is 1.24. The Balaban J connectivity index is 2.13. The molecule has 2 aliphatic heterocycles. The number of urea groups is 1. The molecule has 2 rings (SSSR count). The molecule has 0 bridgehead atoms. The molecule has 2 aliphatic rings. The maximum absolute atomic E-state index is 11.9. The van der Waals surface area contributed by atoms with Crippen LogP contribution in [-0.4, -0.2) is 40.5 Å². The van der Waals surface area contributed by atoms with Gasteiger partial charge >= 0.3 is 6.03 Å². The van der Waals surface area contributed by atoms with E-state index < -0.39 is 0 Å². The maximum atomic E-state index is 11.9. The zero-order chi connectivity index (χ0) is 13.6. The Morgan fingerprint density at radius 1 is 1.11 bits per heavy atom. The number of piperidine rings is 1. The van der Waals surface area contributed by atoms with Crippen LogP contribution in [0.3, 0.4) is 0 Å². The molecule has 0 aromatic rings. The summed E-state index contributed by atoms with van der Waals surface area (Å²) in [7, 11) is 0. The van der Waals surface area contributed by atoms with E-state index in [1.165, 1.54) is 0 Å². The monoisotopic (exact) mass is 253 g/mol. The topological polar surface area (TPSA) is 61.4 Å². The van der Waals surface area contributed by atoms with Crippen LogP contribution in [-0.2, 0) is 4.79 Å². The quantitative estimate of drug-likeness (QED) is 0.739. The van der Waals surface area contributed by atoms with Crippen molar-refractivity contribution in [3.8, 4) is 0 Å². The SMILES string of the molecule is CC1(C)CC(N2CCC(=O)NC2=O)CC(C)(C)N1. The molecule has 0 unspecified atom stereocenters. The van der Waals surface area contributed by atoms with E-state index in [2.05, 4.69) is 38.3 Å². The lowest BCUT2D eigenvalue weighted by molar-refractivity contribution is -0.121. The molecule has 2 fully saturated rings. The summed E-state index contributed by atoms with van der Waals surface area (Å²) in [6.45, 7) is 9.19. The smallest absolute Gasteiger partial charge is 0.321 e. The first-order valence-electron chi connectivity index (χ1n) is 6.58. The first kappa shape index (κ1) is 13.3. The van der Waals surface area contributed by atoms with Crippen molar-refractivity contribution in [2.24, 2.45) is 0 Å². The third-order valence-corrected chi connectivity index (χ3v) is 3.70. The summed E-state index contributed by atoms with van der Waals surface area (Å²) in [4.78, 5) is 24.9. The van der Waals surface area contributed by atoms with Crippen LogP contribution in [0.2, 0.25) is 0 Å². The molecule has 0 spiro atoms. The Labute approximate surface area is 108 Å². The average molecular weight is 253 g/mol. The molecular formula is C13H23N3O2. The largest absolute Gasteiger partial charge is 0.324 e. The second-order valence-corrected chi connectivity index (χ2v) is 6.75. The van der Waals surface area contributed by atoms with Crippen molar-refractivity contribution in [1.29, 1.82) is 0 Å². The highest BCUT2D eigenvalue weighted by Gasteiger charge is 2.42. The Bertz CT molecular complexity index is 360. The van der Waals surface area contributed by atoms with Crippen molar-refractivity contribution in [1.82, 2.24) is 15.5 Å². The van der Waals surface area contributed by atoms with Crippen molar-refractivity contribution in [2.75, 3.05) is 6.54 Å². The summed E-state index contributed by atoms with van der Waals surface area (Å²) in [5.41, 5.74) is 0.0162. The summed E-state index contributed by atoms with van der Waals surface area (Å²) in [5, 5.41) is 6.01. The van der Waals surface area contributed by atoms with E-state index in [0.717, 1.165) is 12.8 Å². The minimum Gasteiger partial charge on any atom is -0.321 e. The Morgan fingerprint density at radius 3 is 2.17 bits per heavy atom. The van der Waals surface area contributed by atoms with Gasteiger partial charge in [-0.1, -0.05) is 0 Å². The predicted molar refractivity (Wildman–Crippen MR) is 69.2 cm³/mol. The Hall–Kier alpha value is -1.10. The molecule has 18 heavy (non-hydrogen) atoms. The molecule has 0 aromatic carbocycles. The van der Waals surface area contributed by atoms with Gasteiger partial charge in [0.05, 0.1) is 0 Å². The van der Waals surface area contributed by atoms with Crippen molar-refractivity contribution < 1.29 is 9.59 Å². The summed E-state index contributed by atoms with van der Waals surface area (Å²) < 4.78 is 0. The molecule has 3 amide bonds. The number of rotatable bonds is 1.